The molecule has 0 bridgehead atoms. The third-order valence-electron chi connectivity index (χ3n) is 3.92. The van der Waals surface area contributed by atoms with Gasteiger partial charge in [0.1, 0.15) is 17.2 Å². The van der Waals surface area contributed by atoms with E-state index in [9.17, 15) is 14.3 Å². The summed E-state index contributed by atoms with van der Waals surface area (Å²) in [6.07, 6.45) is 5.23. The Hall–Kier alpha value is -1.69. The van der Waals surface area contributed by atoms with Crippen LogP contribution in [-0.2, 0) is 0 Å². The molecule has 3 N–H and O–H groups in total. The highest BCUT2D eigenvalue weighted by atomic mass is 19.1. The first-order valence-electron chi connectivity index (χ1n) is 6.85. The van der Waals surface area contributed by atoms with Gasteiger partial charge in [-0.15, -0.1) is 0 Å². The van der Waals surface area contributed by atoms with E-state index < -0.39 is 11.8 Å². The van der Waals surface area contributed by atoms with Gasteiger partial charge in [0.15, 0.2) is 0 Å². The van der Waals surface area contributed by atoms with Crippen LogP contribution in [0, 0.1) is 17.7 Å². The molecule has 0 amide bonds. The van der Waals surface area contributed by atoms with Gasteiger partial charge in [0, 0.05) is 13.2 Å². The Morgan fingerprint density at radius 3 is 2.75 bits per heavy atom. The van der Waals surface area contributed by atoms with Crippen LogP contribution in [0.15, 0.2) is 12.3 Å². The molecule has 1 saturated carbocycles. The van der Waals surface area contributed by atoms with Gasteiger partial charge in [0.25, 0.3) is 0 Å². The number of aromatic nitrogens is 1. The molecule has 20 heavy (non-hydrogen) atoms. The minimum absolute atomic E-state index is 0.148. The molecule has 1 aromatic rings. The fourth-order valence-corrected chi connectivity index (χ4v) is 2.76. The van der Waals surface area contributed by atoms with Gasteiger partial charge < -0.3 is 15.5 Å². The predicted molar refractivity (Wildman–Crippen MR) is 72.2 cm³/mol. The van der Waals surface area contributed by atoms with E-state index in [1.54, 1.807) is 0 Å². The van der Waals surface area contributed by atoms with Gasteiger partial charge in [-0.1, -0.05) is 12.8 Å². The molecule has 6 heteroatoms. The van der Waals surface area contributed by atoms with Crippen molar-refractivity contribution < 1.29 is 19.4 Å². The van der Waals surface area contributed by atoms with Crippen molar-refractivity contribution in [3.63, 3.8) is 0 Å². The third kappa shape index (κ3) is 3.45. The summed E-state index contributed by atoms with van der Waals surface area (Å²) in [5.74, 6) is -1.16. The highest BCUT2D eigenvalue weighted by Gasteiger charge is 2.25. The summed E-state index contributed by atoms with van der Waals surface area (Å²) in [4.78, 5) is 14.9. The topological polar surface area (TPSA) is 82.5 Å². The van der Waals surface area contributed by atoms with Crippen molar-refractivity contribution in [1.82, 2.24) is 4.98 Å². The van der Waals surface area contributed by atoms with E-state index in [4.69, 9.17) is 5.11 Å². The Balaban J connectivity index is 2.04. The van der Waals surface area contributed by atoms with Crippen molar-refractivity contribution in [2.24, 2.45) is 11.8 Å². The number of nitrogens with one attached hydrogen (secondary N) is 1. The summed E-state index contributed by atoms with van der Waals surface area (Å²) in [6, 6.07) is 0.960. The van der Waals surface area contributed by atoms with E-state index in [1.807, 2.05) is 0 Å². The maximum Gasteiger partial charge on any atom is 0.339 e. The predicted octanol–water partition coefficient (Wildman–Crippen LogP) is 2.13. The zero-order chi connectivity index (χ0) is 14.5. The average molecular weight is 282 g/mol. The first-order valence-corrected chi connectivity index (χ1v) is 6.85. The number of pyridine rings is 1. The molecular weight excluding hydrogens is 263 g/mol. The number of hydrogen-bond acceptors (Lipinski definition) is 4. The summed E-state index contributed by atoms with van der Waals surface area (Å²) in [7, 11) is 0. The zero-order valence-corrected chi connectivity index (χ0v) is 11.2. The zero-order valence-electron chi connectivity index (χ0n) is 11.2. The molecule has 1 heterocycles. The molecule has 1 aromatic heterocycles. The van der Waals surface area contributed by atoms with Crippen LogP contribution in [0.25, 0.3) is 0 Å². The number of aliphatic hydroxyl groups excluding tert-OH is 1. The molecular formula is C14H19FN2O3. The van der Waals surface area contributed by atoms with Crippen LogP contribution in [0.4, 0.5) is 10.2 Å². The van der Waals surface area contributed by atoms with Crippen LogP contribution < -0.4 is 5.32 Å². The average Bonchev–Trinajstić information content (AvgIpc) is 2.46. The second-order valence-electron chi connectivity index (χ2n) is 5.22. The van der Waals surface area contributed by atoms with Gasteiger partial charge in [-0.25, -0.2) is 14.2 Å². The summed E-state index contributed by atoms with van der Waals surface area (Å²) >= 11 is 0. The van der Waals surface area contributed by atoms with Crippen LogP contribution in [0.2, 0.25) is 0 Å². The summed E-state index contributed by atoms with van der Waals surface area (Å²) in [6.45, 7) is 0.694. The first kappa shape index (κ1) is 14.7. The van der Waals surface area contributed by atoms with E-state index in [0.717, 1.165) is 37.9 Å². The van der Waals surface area contributed by atoms with Crippen LogP contribution in [0.5, 0.6) is 0 Å². The molecule has 0 aliphatic heterocycles. The van der Waals surface area contributed by atoms with E-state index in [-0.39, 0.29) is 23.9 Å². The van der Waals surface area contributed by atoms with Crippen LogP contribution >= 0.6 is 0 Å². The molecule has 2 rings (SSSR count). The van der Waals surface area contributed by atoms with E-state index in [0.29, 0.717) is 12.5 Å². The largest absolute Gasteiger partial charge is 0.478 e. The normalized spacial score (nSPS) is 22.5. The second kappa shape index (κ2) is 6.65. The number of carboxylic acid groups (broad SMARTS) is 1. The maximum absolute atomic E-state index is 13.0. The number of aromatic carboxylic acids is 1. The molecule has 0 saturated heterocycles. The molecule has 1 fully saturated rings. The number of halogens is 1. The van der Waals surface area contributed by atoms with Crippen LogP contribution in [0.3, 0.4) is 0 Å². The Kier molecular flexibility index (Phi) is 4.89. The number of hydrogen-bond donors (Lipinski definition) is 3. The highest BCUT2D eigenvalue weighted by Crippen LogP contribution is 2.30. The van der Waals surface area contributed by atoms with Crippen LogP contribution in [0.1, 0.15) is 36.0 Å². The number of rotatable bonds is 5. The van der Waals surface area contributed by atoms with Gasteiger partial charge in [-0.3, -0.25) is 0 Å². The summed E-state index contributed by atoms with van der Waals surface area (Å²) in [5.41, 5.74) is -0.165. The molecule has 1 aliphatic carbocycles. The Morgan fingerprint density at radius 1 is 1.40 bits per heavy atom. The van der Waals surface area contributed by atoms with Crippen molar-refractivity contribution in [2.45, 2.75) is 25.7 Å². The SMILES string of the molecule is O=C(O)c1cc(F)cnc1NCC1CCCCC1CO. The lowest BCUT2D eigenvalue weighted by Gasteiger charge is -2.30. The fourth-order valence-electron chi connectivity index (χ4n) is 2.76. The number of anilines is 1. The van der Waals surface area contributed by atoms with Crippen molar-refractivity contribution in [1.29, 1.82) is 0 Å². The smallest absolute Gasteiger partial charge is 0.339 e. The fraction of sp³-hybridized carbons (Fsp3) is 0.571. The number of carboxylic acids is 1. The number of aliphatic hydroxyl groups is 1. The van der Waals surface area contributed by atoms with E-state index in [1.165, 1.54) is 0 Å². The monoisotopic (exact) mass is 282 g/mol. The Bertz CT molecular complexity index is 481. The maximum atomic E-state index is 13.0. The van der Waals surface area contributed by atoms with Gasteiger partial charge in [0.2, 0.25) is 0 Å². The minimum atomic E-state index is -1.21. The van der Waals surface area contributed by atoms with Crippen molar-refractivity contribution in [3.05, 3.63) is 23.6 Å². The molecule has 2 unspecified atom stereocenters. The first-order chi connectivity index (χ1) is 9.61. The number of carbonyl (C=O) groups is 1. The summed E-state index contributed by atoms with van der Waals surface area (Å²) in [5, 5.41) is 21.4. The van der Waals surface area contributed by atoms with E-state index in [2.05, 4.69) is 10.3 Å². The molecule has 0 radical (unpaired) electrons. The second-order valence-corrected chi connectivity index (χ2v) is 5.22. The van der Waals surface area contributed by atoms with E-state index >= 15 is 0 Å². The molecule has 1 aliphatic rings. The van der Waals surface area contributed by atoms with Gasteiger partial charge >= 0.3 is 5.97 Å². The van der Waals surface area contributed by atoms with Crippen LogP contribution in [-0.4, -0.2) is 34.3 Å². The summed E-state index contributed by atoms with van der Waals surface area (Å²) < 4.78 is 13.0. The lowest BCUT2D eigenvalue weighted by atomic mass is 9.79. The van der Waals surface area contributed by atoms with Crippen molar-refractivity contribution in [2.75, 3.05) is 18.5 Å². The lowest BCUT2D eigenvalue weighted by Crippen LogP contribution is -2.29. The Morgan fingerprint density at radius 2 is 2.10 bits per heavy atom. The highest BCUT2D eigenvalue weighted by molar-refractivity contribution is 5.93. The molecule has 5 nitrogen and oxygen atoms in total. The third-order valence-corrected chi connectivity index (χ3v) is 3.92. The van der Waals surface area contributed by atoms with Crippen molar-refractivity contribution >= 4 is 11.8 Å². The molecule has 2 atom stereocenters. The van der Waals surface area contributed by atoms with Gasteiger partial charge in [-0.05, 0) is 30.7 Å². The Labute approximate surface area is 116 Å². The number of nitrogens with zero attached hydrogens (tertiary/aromatic N) is 1. The quantitative estimate of drug-likeness (QED) is 0.770. The molecule has 110 valence electrons. The van der Waals surface area contributed by atoms with Gasteiger partial charge in [0.05, 0.1) is 6.20 Å². The van der Waals surface area contributed by atoms with Gasteiger partial charge in [-0.2, -0.15) is 0 Å². The minimum Gasteiger partial charge on any atom is -0.478 e. The lowest BCUT2D eigenvalue weighted by molar-refractivity contribution is 0.0696. The molecule has 0 spiro atoms. The standard InChI is InChI=1S/C14H19FN2O3/c15-11-5-12(14(19)20)13(17-7-11)16-6-9-3-1-2-4-10(9)8-18/h5,7,9-10,18H,1-4,6,8H2,(H,16,17)(H,19,20). The van der Waals surface area contributed by atoms with Crippen molar-refractivity contribution in [3.8, 4) is 0 Å². The molecule has 0 aromatic carbocycles.